The first-order valence-corrected chi connectivity index (χ1v) is 10.9. The molecular formula is C21H29N3O2S. The summed E-state index contributed by atoms with van der Waals surface area (Å²) in [6, 6.07) is 4.34. The molecule has 0 atom stereocenters. The molecule has 1 saturated carbocycles. The van der Waals surface area contributed by atoms with Crippen LogP contribution in [0.4, 0.5) is 5.13 Å². The number of hydrogen-bond acceptors (Lipinski definition) is 5. The molecule has 1 saturated heterocycles. The standard InChI is InChI=1S/C21H29N3O2S/c1-15-13-18-19(14-16(15)2)27-21(22-18)24(20(25)17-5-3-4-6-17)8-7-23-9-11-26-12-10-23/h13-14,17H,3-12H2,1-2H3. The van der Waals surface area contributed by atoms with Crippen LogP contribution in [-0.4, -0.2) is 55.2 Å². The van der Waals surface area contributed by atoms with Crippen molar-refractivity contribution in [2.45, 2.75) is 39.5 Å². The number of fused-ring (bicyclic) bond motifs is 1. The van der Waals surface area contributed by atoms with Gasteiger partial charge in [0.05, 0.1) is 23.4 Å². The van der Waals surface area contributed by atoms with Crippen LogP contribution in [0.15, 0.2) is 12.1 Å². The van der Waals surface area contributed by atoms with Crippen molar-refractivity contribution in [2.75, 3.05) is 44.3 Å². The molecule has 1 aliphatic heterocycles. The van der Waals surface area contributed by atoms with Crippen LogP contribution in [0.2, 0.25) is 0 Å². The molecule has 1 aromatic heterocycles. The highest BCUT2D eigenvalue weighted by Crippen LogP contribution is 2.34. The SMILES string of the molecule is Cc1cc2nc(N(CCN3CCOCC3)C(=O)C3CCCC3)sc2cc1C. The number of benzene rings is 1. The molecule has 4 rings (SSSR count). The maximum atomic E-state index is 13.3. The zero-order chi connectivity index (χ0) is 18.8. The zero-order valence-corrected chi connectivity index (χ0v) is 17.2. The van der Waals surface area contributed by atoms with Gasteiger partial charge < -0.3 is 4.74 Å². The molecule has 2 fully saturated rings. The molecule has 6 heteroatoms. The number of carbonyl (C=O) groups excluding carboxylic acids is 1. The Bertz CT molecular complexity index is 768. The maximum absolute atomic E-state index is 13.3. The van der Waals surface area contributed by atoms with Crippen LogP contribution in [0.3, 0.4) is 0 Å². The van der Waals surface area contributed by atoms with E-state index in [0.717, 1.165) is 56.3 Å². The van der Waals surface area contributed by atoms with Gasteiger partial charge in [-0.25, -0.2) is 4.98 Å². The van der Waals surface area contributed by atoms with Gasteiger partial charge in [0, 0.05) is 32.1 Å². The van der Waals surface area contributed by atoms with Crippen molar-refractivity contribution in [3.8, 4) is 0 Å². The Labute approximate surface area is 165 Å². The van der Waals surface area contributed by atoms with Gasteiger partial charge in [0.2, 0.25) is 5.91 Å². The van der Waals surface area contributed by atoms with Crippen LogP contribution in [0.1, 0.15) is 36.8 Å². The molecular weight excluding hydrogens is 358 g/mol. The summed E-state index contributed by atoms with van der Waals surface area (Å²) in [6.07, 6.45) is 4.39. The number of carbonyl (C=O) groups is 1. The molecule has 2 heterocycles. The summed E-state index contributed by atoms with van der Waals surface area (Å²) in [7, 11) is 0. The number of aromatic nitrogens is 1. The number of morpholine rings is 1. The number of anilines is 1. The van der Waals surface area contributed by atoms with Crippen LogP contribution in [0, 0.1) is 19.8 Å². The summed E-state index contributed by atoms with van der Waals surface area (Å²) >= 11 is 1.65. The van der Waals surface area contributed by atoms with Crippen LogP contribution in [0.25, 0.3) is 10.2 Å². The molecule has 0 N–H and O–H groups in total. The molecule has 0 bridgehead atoms. The second kappa shape index (κ2) is 8.25. The van der Waals surface area contributed by atoms with Gasteiger partial charge in [-0.05, 0) is 49.9 Å². The molecule has 2 aromatic rings. The molecule has 1 aromatic carbocycles. The van der Waals surface area contributed by atoms with E-state index in [2.05, 4.69) is 30.9 Å². The Balaban J connectivity index is 1.58. The first-order chi connectivity index (χ1) is 13.1. The summed E-state index contributed by atoms with van der Waals surface area (Å²) in [5, 5.41) is 0.861. The molecule has 0 spiro atoms. The predicted octanol–water partition coefficient (Wildman–Crippen LogP) is 3.77. The first-order valence-electron chi connectivity index (χ1n) is 10.1. The lowest BCUT2D eigenvalue weighted by atomic mass is 10.1. The number of ether oxygens (including phenoxy) is 1. The van der Waals surface area contributed by atoms with Gasteiger partial charge in [0.1, 0.15) is 0 Å². The van der Waals surface area contributed by atoms with Crippen LogP contribution >= 0.6 is 11.3 Å². The summed E-state index contributed by atoms with van der Waals surface area (Å²) in [5.41, 5.74) is 3.54. The lowest BCUT2D eigenvalue weighted by Gasteiger charge is -2.30. The number of nitrogens with zero attached hydrogens (tertiary/aromatic N) is 3. The summed E-state index contributed by atoms with van der Waals surface area (Å²) in [4.78, 5) is 22.5. The molecule has 27 heavy (non-hydrogen) atoms. The minimum atomic E-state index is 0.171. The third-order valence-corrected chi connectivity index (χ3v) is 6.98. The van der Waals surface area contributed by atoms with Crippen molar-refractivity contribution in [3.05, 3.63) is 23.3 Å². The van der Waals surface area contributed by atoms with E-state index in [0.29, 0.717) is 6.54 Å². The Kier molecular flexibility index (Phi) is 5.76. The minimum absolute atomic E-state index is 0.171. The number of hydrogen-bond donors (Lipinski definition) is 0. The van der Waals surface area contributed by atoms with Crippen molar-refractivity contribution in [3.63, 3.8) is 0 Å². The Hall–Kier alpha value is -1.50. The van der Waals surface area contributed by atoms with Crippen molar-refractivity contribution in [1.82, 2.24) is 9.88 Å². The summed E-state index contributed by atoms with van der Waals surface area (Å²) in [5.74, 6) is 0.443. The highest BCUT2D eigenvalue weighted by Gasteiger charge is 2.30. The topological polar surface area (TPSA) is 45.7 Å². The minimum Gasteiger partial charge on any atom is -0.379 e. The van der Waals surface area contributed by atoms with E-state index in [4.69, 9.17) is 9.72 Å². The van der Waals surface area contributed by atoms with E-state index >= 15 is 0 Å². The van der Waals surface area contributed by atoms with Gasteiger partial charge in [-0.15, -0.1) is 0 Å². The van der Waals surface area contributed by atoms with E-state index in [1.165, 1.54) is 28.7 Å². The largest absolute Gasteiger partial charge is 0.379 e. The third kappa shape index (κ3) is 4.18. The van der Waals surface area contributed by atoms with E-state index in [-0.39, 0.29) is 11.8 Å². The van der Waals surface area contributed by atoms with Gasteiger partial charge in [0.15, 0.2) is 5.13 Å². The fraction of sp³-hybridized carbons (Fsp3) is 0.619. The third-order valence-electron chi connectivity index (χ3n) is 5.94. The van der Waals surface area contributed by atoms with Gasteiger partial charge in [-0.2, -0.15) is 0 Å². The average molecular weight is 388 g/mol. The highest BCUT2D eigenvalue weighted by molar-refractivity contribution is 7.22. The maximum Gasteiger partial charge on any atom is 0.231 e. The van der Waals surface area contributed by atoms with E-state index in [1.807, 2.05) is 4.90 Å². The van der Waals surface area contributed by atoms with Crippen molar-refractivity contribution in [1.29, 1.82) is 0 Å². The van der Waals surface area contributed by atoms with Gasteiger partial charge in [0.25, 0.3) is 0 Å². The smallest absolute Gasteiger partial charge is 0.231 e. The molecule has 0 radical (unpaired) electrons. The highest BCUT2D eigenvalue weighted by atomic mass is 32.1. The molecule has 1 amide bonds. The van der Waals surface area contributed by atoms with Crippen molar-refractivity contribution in [2.24, 2.45) is 5.92 Å². The number of rotatable bonds is 5. The van der Waals surface area contributed by atoms with Crippen molar-refractivity contribution >= 4 is 32.6 Å². The predicted molar refractivity (Wildman–Crippen MR) is 111 cm³/mol. The normalized spacial score (nSPS) is 19.0. The fourth-order valence-corrected chi connectivity index (χ4v) is 5.12. The Morgan fingerprint density at radius 3 is 2.67 bits per heavy atom. The van der Waals surface area contributed by atoms with Crippen LogP contribution in [-0.2, 0) is 9.53 Å². The average Bonchev–Trinajstić information content (AvgIpc) is 3.33. The van der Waals surface area contributed by atoms with E-state index in [9.17, 15) is 4.79 Å². The summed E-state index contributed by atoms with van der Waals surface area (Å²) in [6.45, 7) is 9.32. The monoisotopic (exact) mass is 387 g/mol. The number of thiazole rings is 1. The molecule has 2 aliphatic rings. The Morgan fingerprint density at radius 1 is 1.22 bits per heavy atom. The van der Waals surface area contributed by atoms with Gasteiger partial charge in [-0.3, -0.25) is 14.6 Å². The van der Waals surface area contributed by atoms with Gasteiger partial charge >= 0.3 is 0 Å². The zero-order valence-electron chi connectivity index (χ0n) is 16.4. The quantitative estimate of drug-likeness (QED) is 0.783. The molecule has 1 aliphatic carbocycles. The lowest BCUT2D eigenvalue weighted by molar-refractivity contribution is -0.122. The molecule has 146 valence electrons. The molecule has 0 unspecified atom stereocenters. The first kappa shape index (κ1) is 18.8. The number of aryl methyl sites for hydroxylation is 2. The van der Waals surface area contributed by atoms with Gasteiger partial charge in [-0.1, -0.05) is 24.2 Å². The van der Waals surface area contributed by atoms with Crippen molar-refractivity contribution < 1.29 is 9.53 Å². The lowest BCUT2D eigenvalue weighted by Crippen LogP contribution is -2.44. The second-order valence-electron chi connectivity index (χ2n) is 7.83. The molecule has 5 nitrogen and oxygen atoms in total. The summed E-state index contributed by atoms with van der Waals surface area (Å²) < 4.78 is 6.62. The van der Waals surface area contributed by atoms with E-state index in [1.54, 1.807) is 11.3 Å². The van der Waals surface area contributed by atoms with Crippen LogP contribution in [0.5, 0.6) is 0 Å². The van der Waals surface area contributed by atoms with E-state index < -0.39 is 0 Å². The fourth-order valence-electron chi connectivity index (χ4n) is 4.04. The van der Waals surface area contributed by atoms with Crippen LogP contribution < -0.4 is 4.90 Å². The Morgan fingerprint density at radius 2 is 1.93 bits per heavy atom. The number of amides is 1. The second-order valence-corrected chi connectivity index (χ2v) is 8.83.